The van der Waals surface area contributed by atoms with Gasteiger partial charge in [-0.2, -0.15) is 4.98 Å². The SMILES string of the molecule is Cc1nc([C@@](C)(CS(C)(=O)=O)NC(=O)c2cc(O[C@@H](C)CF)c(C3CC3)cn2)no1. The number of carbonyl (C=O) groups excluding carboxylic acids is 1. The van der Waals surface area contributed by atoms with Gasteiger partial charge in [-0.15, -0.1) is 0 Å². The van der Waals surface area contributed by atoms with E-state index >= 15 is 0 Å². The predicted octanol–water partition coefficient (Wildman–Crippen LogP) is 2.08. The number of halogens is 1. The molecule has 0 bridgehead atoms. The molecule has 1 amide bonds. The Morgan fingerprint density at radius 1 is 1.47 bits per heavy atom. The van der Waals surface area contributed by atoms with Gasteiger partial charge in [0.15, 0.2) is 5.82 Å². The zero-order valence-corrected chi connectivity index (χ0v) is 18.1. The standard InChI is InChI=1S/C19H25FN4O5S/c1-11(8-20)28-16-7-15(21-9-14(16)13-5-6-13)17(25)23-19(3,10-30(4,26)27)18-22-12(2)29-24-18/h7,9,11,13H,5-6,8,10H2,1-4H3,(H,23,25)/t11-,19+/m0/s1. The number of nitrogens with one attached hydrogen (secondary N) is 1. The molecule has 1 aliphatic rings. The molecule has 0 radical (unpaired) electrons. The Bertz CT molecular complexity index is 1040. The summed E-state index contributed by atoms with van der Waals surface area (Å²) in [7, 11) is -3.51. The van der Waals surface area contributed by atoms with Crippen LogP contribution in [0.4, 0.5) is 4.39 Å². The fourth-order valence-electron chi connectivity index (χ4n) is 3.14. The van der Waals surface area contributed by atoms with E-state index in [2.05, 4.69) is 20.4 Å². The average Bonchev–Trinajstić information content (AvgIpc) is 3.39. The van der Waals surface area contributed by atoms with Gasteiger partial charge >= 0.3 is 0 Å². The zero-order chi connectivity index (χ0) is 22.1. The lowest BCUT2D eigenvalue weighted by Gasteiger charge is -2.26. The molecule has 1 saturated carbocycles. The van der Waals surface area contributed by atoms with Crippen molar-refractivity contribution in [2.45, 2.75) is 51.2 Å². The number of hydrogen-bond acceptors (Lipinski definition) is 8. The average molecular weight is 440 g/mol. The topological polar surface area (TPSA) is 124 Å². The molecule has 0 aliphatic heterocycles. The number of alkyl halides is 1. The molecule has 1 N–H and O–H groups in total. The minimum Gasteiger partial charge on any atom is -0.488 e. The molecule has 0 aromatic carbocycles. The molecule has 2 heterocycles. The number of sulfone groups is 1. The summed E-state index contributed by atoms with van der Waals surface area (Å²) >= 11 is 0. The second-order valence-corrected chi connectivity index (χ2v) is 10.1. The van der Waals surface area contributed by atoms with Crippen LogP contribution in [0, 0.1) is 6.92 Å². The Kier molecular flexibility index (Phi) is 6.11. The first kappa shape index (κ1) is 22.1. The fraction of sp³-hybridized carbons (Fsp3) is 0.579. The van der Waals surface area contributed by atoms with Gasteiger partial charge < -0.3 is 14.6 Å². The van der Waals surface area contributed by atoms with Gasteiger partial charge in [0, 0.05) is 31.0 Å². The number of aromatic nitrogens is 3. The van der Waals surface area contributed by atoms with E-state index in [-0.39, 0.29) is 23.3 Å². The highest BCUT2D eigenvalue weighted by molar-refractivity contribution is 7.90. The molecule has 0 unspecified atom stereocenters. The lowest BCUT2D eigenvalue weighted by Crippen LogP contribution is -2.49. The van der Waals surface area contributed by atoms with Gasteiger partial charge in [-0.05, 0) is 32.6 Å². The van der Waals surface area contributed by atoms with Crippen molar-refractivity contribution in [2.75, 3.05) is 18.7 Å². The van der Waals surface area contributed by atoms with E-state index in [1.54, 1.807) is 20.0 Å². The number of aryl methyl sites for hydroxylation is 1. The van der Waals surface area contributed by atoms with E-state index in [1.807, 2.05) is 0 Å². The minimum absolute atomic E-state index is 0.0143. The highest BCUT2D eigenvalue weighted by atomic mass is 32.2. The first-order valence-corrected chi connectivity index (χ1v) is 11.6. The van der Waals surface area contributed by atoms with E-state index < -0.39 is 39.8 Å². The van der Waals surface area contributed by atoms with Crippen LogP contribution in [0.2, 0.25) is 0 Å². The van der Waals surface area contributed by atoms with Gasteiger partial charge in [-0.1, -0.05) is 5.16 Å². The van der Waals surface area contributed by atoms with Crippen molar-refractivity contribution in [1.29, 1.82) is 0 Å². The van der Waals surface area contributed by atoms with Gasteiger partial charge in [0.1, 0.15) is 39.6 Å². The summed E-state index contributed by atoms with van der Waals surface area (Å²) in [5.74, 6) is -0.105. The molecule has 0 spiro atoms. The van der Waals surface area contributed by atoms with E-state index in [1.165, 1.54) is 13.0 Å². The molecule has 2 aromatic rings. The zero-order valence-electron chi connectivity index (χ0n) is 17.3. The molecule has 1 fully saturated rings. The maximum absolute atomic E-state index is 12.9. The van der Waals surface area contributed by atoms with Crippen LogP contribution in [0.15, 0.2) is 16.8 Å². The van der Waals surface area contributed by atoms with Crippen LogP contribution in [0.3, 0.4) is 0 Å². The summed E-state index contributed by atoms with van der Waals surface area (Å²) in [5, 5.41) is 6.44. The van der Waals surface area contributed by atoms with Crippen molar-refractivity contribution in [2.24, 2.45) is 0 Å². The van der Waals surface area contributed by atoms with E-state index in [4.69, 9.17) is 9.26 Å². The third-order valence-corrected chi connectivity index (χ3v) is 5.75. The minimum atomic E-state index is -3.51. The van der Waals surface area contributed by atoms with Crippen LogP contribution in [0.1, 0.15) is 60.4 Å². The molecule has 9 nitrogen and oxygen atoms in total. The molecule has 1 aliphatic carbocycles. The van der Waals surface area contributed by atoms with Crippen LogP contribution < -0.4 is 10.1 Å². The summed E-state index contributed by atoms with van der Waals surface area (Å²) in [4.78, 5) is 21.2. The van der Waals surface area contributed by atoms with E-state index in [0.717, 1.165) is 24.7 Å². The highest BCUT2D eigenvalue weighted by Gasteiger charge is 2.38. The van der Waals surface area contributed by atoms with Gasteiger partial charge in [0.2, 0.25) is 5.89 Å². The number of rotatable bonds is 9. The number of pyridine rings is 1. The quantitative estimate of drug-likeness (QED) is 0.628. The van der Waals surface area contributed by atoms with Crippen LogP contribution in [0.5, 0.6) is 5.75 Å². The van der Waals surface area contributed by atoms with Gasteiger partial charge in [0.25, 0.3) is 5.91 Å². The van der Waals surface area contributed by atoms with Crippen molar-refractivity contribution >= 4 is 15.7 Å². The van der Waals surface area contributed by atoms with Crippen LogP contribution in [-0.2, 0) is 15.4 Å². The molecule has 3 rings (SSSR count). The van der Waals surface area contributed by atoms with Crippen LogP contribution in [-0.4, -0.2) is 54.2 Å². The Morgan fingerprint density at radius 3 is 2.70 bits per heavy atom. The maximum atomic E-state index is 12.9. The predicted molar refractivity (Wildman–Crippen MR) is 106 cm³/mol. The molecule has 0 saturated heterocycles. The summed E-state index contributed by atoms with van der Waals surface area (Å²) < 4.78 is 47.5. The molecule has 30 heavy (non-hydrogen) atoms. The lowest BCUT2D eigenvalue weighted by molar-refractivity contribution is 0.0902. The summed E-state index contributed by atoms with van der Waals surface area (Å²) in [5.41, 5.74) is -0.591. The molecular weight excluding hydrogens is 415 g/mol. The lowest BCUT2D eigenvalue weighted by atomic mass is 10.0. The monoisotopic (exact) mass is 440 g/mol. The van der Waals surface area contributed by atoms with Crippen LogP contribution in [0.25, 0.3) is 0 Å². The second-order valence-electron chi connectivity index (χ2n) is 7.96. The first-order chi connectivity index (χ1) is 14.0. The Labute approximate surface area is 174 Å². The van der Waals surface area contributed by atoms with Crippen molar-refractivity contribution in [3.63, 3.8) is 0 Å². The third-order valence-electron chi connectivity index (χ3n) is 4.65. The molecule has 2 atom stereocenters. The molecular formula is C19H25FN4O5S. The highest BCUT2D eigenvalue weighted by Crippen LogP contribution is 2.44. The van der Waals surface area contributed by atoms with Gasteiger partial charge in [-0.3, -0.25) is 9.78 Å². The largest absolute Gasteiger partial charge is 0.488 e. The van der Waals surface area contributed by atoms with Crippen molar-refractivity contribution < 1.29 is 26.9 Å². The third kappa shape index (κ3) is 5.32. The number of ether oxygens (including phenoxy) is 1. The molecule has 164 valence electrons. The second kappa shape index (κ2) is 8.29. The molecule has 2 aromatic heterocycles. The molecule has 11 heteroatoms. The number of carbonyl (C=O) groups is 1. The summed E-state index contributed by atoms with van der Waals surface area (Å²) in [6, 6.07) is 1.46. The Morgan fingerprint density at radius 2 is 2.17 bits per heavy atom. The summed E-state index contributed by atoms with van der Waals surface area (Å²) in [6.45, 7) is 3.99. The Balaban J connectivity index is 1.91. The number of nitrogens with zero attached hydrogens (tertiary/aromatic N) is 3. The van der Waals surface area contributed by atoms with Crippen molar-refractivity contribution in [1.82, 2.24) is 20.4 Å². The first-order valence-electron chi connectivity index (χ1n) is 9.54. The van der Waals surface area contributed by atoms with Gasteiger partial charge in [0.05, 0.1) is 5.75 Å². The fourth-order valence-corrected chi connectivity index (χ4v) is 4.39. The number of hydrogen-bond donors (Lipinski definition) is 1. The maximum Gasteiger partial charge on any atom is 0.270 e. The van der Waals surface area contributed by atoms with Gasteiger partial charge in [-0.25, -0.2) is 12.8 Å². The van der Waals surface area contributed by atoms with Crippen LogP contribution >= 0.6 is 0 Å². The van der Waals surface area contributed by atoms with Crippen molar-refractivity contribution in [3.8, 4) is 5.75 Å². The Hall–Kier alpha value is -2.56. The normalized spacial score (nSPS) is 17.2. The van der Waals surface area contributed by atoms with E-state index in [0.29, 0.717) is 5.75 Å². The van der Waals surface area contributed by atoms with E-state index in [9.17, 15) is 17.6 Å². The van der Waals surface area contributed by atoms with Crippen molar-refractivity contribution in [3.05, 3.63) is 35.2 Å². The summed E-state index contributed by atoms with van der Waals surface area (Å²) in [6.07, 6.45) is 3.91. The number of amides is 1. The smallest absolute Gasteiger partial charge is 0.270 e.